The molecule has 1 atom stereocenters. The molecule has 0 aliphatic heterocycles. The highest BCUT2D eigenvalue weighted by Gasteiger charge is 2.09. The van der Waals surface area contributed by atoms with Crippen LogP contribution >= 0.6 is 11.5 Å². The van der Waals surface area contributed by atoms with Gasteiger partial charge in [-0.25, -0.2) is 0 Å². The van der Waals surface area contributed by atoms with Crippen LogP contribution in [0.4, 0.5) is 0 Å². The molecular weight excluding hydrogens is 242 g/mol. The fraction of sp³-hybridized carbons (Fsp3) is 0.600. The molecule has 94 valence electrons. The summed E-state index contributed by atoms with van der Waals surface area (Å²) in [5, 5.41) is 16.5. The zero-order valence-corrected chi connectivity index (χ0v) is 10.4. The average Bonchev–Trinajstić information content (AvgIpc) is 2.79. The molecule has 1 aromatic rings. The molecule has 2 N–H and O–H groups in total. The van der Waals surface area contributed by atoms with E-state index in [4.69, 9.17) is 5.11 Å². The van der Waals surface area contributed by atoms with E-state index in [1.807, 2.05) is 6.92 Å². The summed E-state index contributed by atoms with van der Waals surface area (Å²) in [4.78, 5) is 21.8. The Balaban J connectivity index is 2.15. The van der Waals surface area contributed by atoms with Crippen molar-refractivity contribution in [2.45, 2.75) is 26.2 Å². The molecule has 1 rings (SSSR count). The lowest BCUT2D eigenvalue weighted by atomic mass is 10.0. The fourth-order valence-electron chi connectivity index (χ4n) is 1.30. The van der Waals surface area contributed by atoms with Gasteiger partial charge in [-0.1, -0.05) is 11.4 Å². The third kappa shape index (κ3) is 5.39. The summed E-state index contributed by atoms with van der Waals surface area (Å²) in [6, 6.07) is 0. The summed E-state index contributed by atoms with van der Waals surface area (Å²) < 4.78 is 3.60. The third-order valence-corrected chi connectivity index (χ3v) is 2.87. The molecule has 17 heavy (non-hydrogen) atoms. The molecule has 0 saturated heterocycles. The van der Waals surface area contributed by atoms with Gasteiger partial charge in [0.25, 0.3) is 5.91 Å². The summed E-state index contributed by atoms with van der Waals surface area (Å²) >= 11 is 1.13. The lowest BCUT2D eigenvalue weighted by Gasteiger charge is -2.09. The SMILES string of the molecule is CC(CCNC(=O)c1csnn1)CCC(=O)O. The van der Waals surface area contributed by atoms with Crippen molar-refractivity contribution in [2.75, 3.05) is 6.54 Å². The van der Waals surface area contributed by atoms with Crippen LogP contribution in [0, 0.1) is 5.92 Å². The van der Waals surface area contributed by atoms with E-state index in [1.54, 1.807) is 5.38 Å². The third-order valence-electron chi connectivity index (χ3n) is 2.37. The van der Waals surface area contributed by atoms with Gasteiger partial charge in [-0.05, 0) is 30.3 Å². The monoisotopic (exact) mass is 257 g/mol. The summed E-state index contributed by atoms with van der Waals surface area (Å²) in [5.41, 5.74) is 0.327. The minimum absolute atomic E-state index is 0.172. The van der Waals surface area contributed by atoms with Crippen molar-refractivity contribution in [1.29, 1.82) is 0 Å². The molecule has 0 saturated carbocycles. The van der Waals surface area contributed by atoms with E-state index in [0.717, 1.165) is 18.0 Å². The van der Waals surface area contributed by atoms with Gasteiger partial charge < -0.3 is 10.4 Å². The van der Waals surface area contributed by atoms with Crippen LogP contribution in [0.15, 0.2) is 5.38 Å². The first-order valence-electron chi connectivity index (χ1n) is 5.36. The first-order chi connectivity index (χ1) is 8.09. The smallest absolute Gasteiger partial charge is 0.303 e. The van der Waals surface area contributed by atoms with Gasteiger partial charge in [0.15, 0.2) is 5.69 Å². The first kappa shape index (κ1) is 13.6. The molecule has 7 heteroatoms. The Bertz CT molecular complexity index is 367. The zero-order valence-electron chi connectivity index (χ0n) is 9.55. The molecule has 0 spiro atoms. The zero-order chi connectivity index (χ0) is 12.7. The van der Waals surface area contributed by atoms with E-state index in [0.29, 0.717) is 18.7 Å². The minimum atomic E-state index is -0.783. The van der Waals surface area contributed by atoms with Crippen LogP contribution in [0.1, 0.15) is 36.7 Å². The van der Waals surface area contributed by atoms with Crippen LogP contribution in [0.2, 0.25) is 0 Å². The van der Waals surface area contributed by atoms with Gasteiger partial charge in [0.05, 0.1) is 0 Å². The highest BCUT2D eigenvalue weighted by molar-refractivity contribution is 7.03. The van der Waals surface area contributed by atoms with Crippen molar-refractivity contribution >= 4 is 23.4 Å². The molecule has 6 nitrogen and oxygen atoms in total. The van der Waals surface area contributed by atoms with Crippen molar-refractivity contribution in [3.8, 4) is 0 Å². The second-order valence-corrected chi connectivity index (χ2v) is 4.48. The maximum absolute atomic E-state index is 11.5. The molecule has 0 aliphatic carbocycles. The molecule has 0 fully saturated rings. The van der Waals surface area contributed by atoms with Crippen LogP contribution in [0.25, 0.3) is 0 Å². The lowest BCUT2D eigenvalue weighted by molar-refractivity contribution is -0.137. The van der Waals surface area contributed by atoms with E-state index in [-0.39, 0.29) is 18.2 Å². The van der Waals surface area contributed by atoms with Crippen molar-refractivity contribution in [3.63, 3.8) is 0 Å². The number of aromatic nitrogens is 2. The van der Waals surface area contributed by atoms with Crippen molar-refractivity contribution in [2.24, 2.45) is 5.92 Å². The van der Waals surface area contributed by atoms with E-state index in [9.17, 15) is 9.59 Å². The second kappa shape index (κ2) is 6.95. The highest BCUT2D eigenvalue weighted by atomic mass is 32.1. The van der Waals surface area contributed by atoms with Gasteiger partial charge in [0, 0.05) is 18.3 Å². The number of carbonyl (C=O) groups is 2. The van der Waals surface area contributed by atoms with E-state index in [2.05, 4.69) is 14.9 Å². The van der Waals surface area contributed by atoms with Crippen molar-refractivity contribution in [1.82, 2.24) is 14.9 Å². The predicted octanol–water partition coefficient (Wildman–Crippen LogP) is 1.16. The normalized spacial score (nSPS) is 12.1. The van der Waals surface area contributed by atoms with Gasteiger partial charge in [-0.3, -0.25) is 9.59 Å². The number of rotatable bonds is 7. The number of carboxylic acids is 1. The quantitative estimate of drug-likeness (QED) is 0.764. The number of carbonyl (C=O) groups excluding carboxylic acids is 1. The van der Waals surface area contributed by atoms with Crippen LogP contribution in [0.3, 0.4) is 0 Å². The fourth-order valence-corrected chi connectivity index (χ4v) is 1.74. The van der Waals surface area contributed by atoms with Gasteiger partial charge >= 0.3 is 5.97 Å². The second-order valence-electron chi connectivity index (χ2n) is 3.87. The van der Waals surface area contributed by atoms with Crippen LogP contribution in [-0.2, 0) is 4.79 Å². The van der Waals surface area contributed by atoms with E-state index in [1.165, 1.54) is 0 Å². The first-order valence-corrected chi connectivity index (χ1v) is 6.20. The number of hydrogen-bond donors (Lipinski definition) is 2. The Kier molecular flexibility index (Phi) is 5.55. The van der Waals surface area contributed by atoms with Crippen LogP contribution < -0.4 is 5.32 Å². The number of carboxylic acid groups (broad SMARTS) is 1. The average molecular weight is 257 g/mol. The molecule has 0 radical (unpaired) electrons. The Morgan fingerprint density at radius 3 is 2.88 bits per heavy atom. The van der Waals surface area contributed by atoms with Gasteiger partial charge in [-0.2, -0.15) is 0 Å². The molecule has 0 bridgehead atoms. The number of amides is 1. The van der Waals surface area contributed by atoms with E-state index < -0.39 is 5.97 Å². The van der Waals surface area contributed by atoms with Crippen LogP contribution in [0.5, 0.6) is 0 Å². The molecule has 0 aliphatic rings. The van der Waals surface area contributed by atoms with Crippen LogP contribution in [-0.4, -0.2) is 33.1 Å². The van der Waals surface area contributed by atoms with Crippen molar-refractivity contribution < 1.29 is 14.7 Å². The standard InChI is InChI=1S/C10H15N3O3S/c1-7(2-3-9(14)15)4-5-11-10(16)8-6-17-13-12-8/h6-7H,2-5H2,1H3,(H,11,16)(H,14,15). The molecule has 1 unspecified atom stereocenters. The summed E-state index contributed by atoms with van der Waals surface area (Å²) in [6.45, 7) is 2.50. The number of nitrogens with zero attached hydrogens (tertiary/aromatic N) is 2. The Morgan fingerprint density at radius 1 is 1.53 bits per heavy atom. The Morgan fingerprint density at radius 2 is 2.29 bits per heavy atom. The van der Waals surface area contributed by atoms with Gasteiger partial charge in [-0.15, -0.1) is 5.10 Å². The Labute approximate surface area is 103 Å². The van der Waals surface area contributed by atoms with Crippen molar-refractivity contribution in [3.05, 3.63) is 11.1 Å². The van der Waals surface area contributed by atoms with E-state index >= 15 is 0 Å². The maximum Gasteiger partial charge on any atom is 0.303 e. The minimum Gasteiger partial charge on any atom is -0.481 e. The number of hydrogen-bond acceptors (Lipinski definition) is 5. The number of nitrogens with one attached hydrogen (secondary N) is 1. The molecular formula is C10H15N3O3S. The van der Waals surface area contributed by atoms with Gasteiger partial charge in [0.1, 0.15) is 0 Å². The summed E-state index contributed by atoms with van der Waals surface area (Å²) in [6.07, 6.45) is 1.56. The molecule has 0 aromatic carbocycles. The predicted molar refractivity (Wildman–Crippen MR) is 62.9 cm³/mol. The summed E-state index contributed by atoms with van der Waals surface area (Å²) in [7, 11) is 0. The topological polar surface area (TPSA) is 92.2 Å². The highest BCUT2D eigenvalue weighted by Crippen LogP contribution is 2.09. The largest absolute Gasteiger partial charge is 0.481 e. The van der Waals surface area contributed by atoms with Gasteiger partial charge in [0.2, 0.25) is 0 Å². The Hall–Kier alpha value is -1.50. The lowest BCUT2D eigenvalue weighted by Crippen LogP contribution is -2.26. The molecule has 1 aromatic heterocycles. The molecule has 1 amide bonds. The summed E-state index contributed by atoms with van der Waals surface area (Å²) in [5.74, 6) is -0.737. The maximum atomic E-state index is 11.5. The number of aliphatic carboxylic acids is 1. The molecule has 1 heterocycles.